The molecule has 4 aromatic rings. The summed E-state index contributed by atoms with van der Waals surface area (Å²) in [4.78, 5) is 27.2. The lowest BCUT2D eigenvalue weighted by Crippen LogP contribution is -2.31. The number of likely N-dealkylation sites (tertiary alicyclic amines) is 1. The standard InChI is InChI=1S/C20H18FN5O/c1-12-10-25-11-13(4-7-18(25)22-12)20(27)26-8-2-3-17(26)19-23-15-6-5-14(21)9-16(15)24-19/h4-7,9-11,17H,2-3,8H2,1H3,(H,23,24)/t17-/m0/s1. The maximum atomic E-state index is 13.5. The summed E-state index contributed by atoms with van der Waals surface area (Å²) < 4.78 is 15.3. The van der Waals surface area contributed by atoms with Gasteiger partial charge in [-0.3, -0.25) is 4.79 Å². The Labute approximate surface area is 154 Å². The summed E-state index contributed by atoms with van der Waals surface area (Å²) in [5.74, 6) is 0.374. The third-order valence-electron chi connectivity index (χ3n) is 5.11. The number of nitrogens with zero attached hydrogens (tertiary/aromatic N) is 4. The Morgan fingerprint density at radius 1 is 1.22 bits per heavy atom. The van der Waals surface area contributed by atoms with E-state index >= 15 is 0 Å². The second-order valence-corrected chi connectivity index (χ2v) is 7.01. The molecule has 0 unspecified atom stereocenters. The van der Waals surface area contributed by atoms with Crippen molar-refractivity contribution in [2.24, 2.45) is 0 Å². The van der Waals surface area contributed by atoms with Crippen LogP contribution in [0.1, 0.15) is 40.8 Å². The number of nitrogens with one attached hydrogen (secondary N) is 1. The number of H-pyrrole nitrogens is 1. The Hall–Kier alpha value is -3.22. The van der Waals surface area contributed by atoms with Crippen LogP contribution >= 0.6 is 0 Å². The van der Waals surface area contributed by atoms with E-state index in [0.717, 1.165) is 24.2 Å². The summed E-state index contributed by atoms with van der Waals surface area (Å²) in [6, 6.07) is 8.02. The number of fused-ring (bicyclic) bond motifs is 2. The number of amides is 1. The van der Waals surface area contributed by atoms with E-state index in [2.05, 4.69) is 15.0 Å². The predicted molar refractivity (Wildman–Crippen MR) is 99.0 cm³/mol. The summed E-state index contributed by atoms with van der Waals surface area (Å²) in [7, 11) is 0. The summed E-state index contributed by atoms with van der Waals surface area (Å²) in [6.07, 6.45) is 5.47. The van der Waals surface area contributed by atoms with Crippen molar-refractivity contribution in [2.75, 3.05) is 6.54 Å². The highest BCUT2D eigenvalue weighted by Crippen LogP contribution is 2.32. The van der Waals surface area contributed by atoms with Crippen LogP contribution in [-0.4, -0.2) is 36.7 Å². The van der Waals surface area contributed by atoms with Gasteiger partial charge in [-0.05, 0) is 50.1 Å². The highest BCUT2D eigenvalue weighted by atomic mass is 19.1. The summed E-state index contributed by atoms with van der Waals surface area (Å²) in [6.45, 7) is 2.60. The molecule has 6 nitrogen and oxygen atoms in total. The quantitative estimate of drug-likeness (QED) is 0.591. The molecular weight excluding hydrogens is 345 g/mol. The van der Waals surface area contributed by atoms with E-state index < -0.39 is 0 Å². The molecule has 3 aromatic heterocycles. The van der Waals surface area contributed by atoms with E-state index in [4.69, 9.17) is 0 Å². The molecule has 1 saturated heterocycles. The number of benzene rings is 1. The van der Waals surface area contributed by atoms with Crippen LogP contribution in [0.15, 0.2) is 42.7 Å². The fourth-order valence-corrected chi connectivity index (χ4v) is 3.86. The van der Waals surface area contributed by atoms with Gasteiger partial charge in [0, 0.05) is 18.9 Å². The lowest BCUT2D eigenvalue weighted by molar-refractivity contribution is 0.0730. The minimum absolute atomic E-state index is 0.0302. The van der Waals surface area contributed by atoms with Crippen LogP contribution in [0.2, 0.25) is 0 Å². The molecule has 5 rings (SSSR count). The number of aromatic nitrogens is 4. The number of hydrogen-bond acceptors (Lipinski definition) is 3. The first-order valence-electron chi connectivity index (χ1n) is 9.00. The molecule has 7 heteroatoms. The molecule has 1 fully saturated rings. The minimum Gasteiger partial charge on any atom is -0.340 e. The molecule has 1 amide bonds. The van der Waals surface area contributed by atoms with Crippen LogP contribution in [0, 0.1) is 12.7 Å². The summed E-state index contributed by atoms with van der Waals surface area (Å²) in [5, 5.41) is 0. The average molecular weight is 363 g/mol. The topological polar surface area (TPSA) is 66.3 Å². The van der Waals surface area contributed by atoms with Gasteiger partial charge in [0.25, 0.3) is 5.91 Å². The lowest BCUT2D eigenvalue weighted by atomic mass is 10.2. The van der Waals surface area contributed by atoms with Gasteiger partial charge in [-0.25, -0.2) is 14.4 Å². The van der Waals surface area contributed by atoms with Gasteiger partial charge in [0.1, 0.15) is 17.3 Å². The lowest BCUT2D eigenvalue weighted by Gasteiger charge is -2.23. The molecule has 0 bridgehead atoms. The zero-order valence-corrected chi connectivity index (χ0v) is 14.8. The molecule has 0 spiro atoms. The van der Waals surface area contributed by atoms with Gasteiger partial charge in [-0.15, -0.1) is 0 Å². The van der Waals surface area contributed by atoms with Crippen molar-refractivity contribution in [3.8, 4) is 0 Å². The van der Waals surface area contributed by atoms with Gasteiger partial charge in [-0.1, -0.05) is 0 Å². The molecule has 0 saturated carbocycles. The number of pyridine rings is 1. The number of imidazole rings is 2. The monoisotopic (exact) mass is 363 g/mol. The molecular formula is C20H18FN5O. The van der Waals surface area contributed by atoms with Gasteiger partial charge in [0.2, 0.25) is 0 Å². The van der Waals surface area contributed by atoms with Crippen molar-refractivity contribution in [3.63, 3.8) is 0 Å². The van der Waals surface area contributed by atoms with Crippen LogP contribution in [-0.2, 0) is 0 Å². The minimum atomic E-state index is -0.305. The van der Waals surface area contributed by atoms with Gasteiger partial charge in [-0.2, -0.15) is 0 Å². The van der Waals surface area contributed by atoms with Gasteiger partial charge in [0.15, 0.2) is 0 Å². The van der Waals surface area contributed by atoms with E-state index in [1.54, 1.807) is 6.07 Å². The molecule has 4 heterocycles. The van der Waals surface area contributed by atoms with Crippen molar-refractivity contribution >= 4 is 22.6 Å². The number of aromatic amines is 1. The first-order chi connectivity index (χ1) is 13.1. The second kappa shape index (κ2) is 5.90. The Morgan fingerprint density at radius 2 is 2.11 bits per heavy atom. The largest absolute Gasteiger partial charge is 0.340 e. The zero-order valence-electron chi connectivity index (χ0n) is 14.8. The van der Waals surface area contributed by atoms with Crippen LogP contribution in [0.25, 0.3) is 16.7 Å². The number of aryl methyl sites for hydroxylation is 1. The smallest absolute Gasteiger partial charge is 0.255 e. The summed E-state index contributed by atoms with van der Waals surface area (Å²) >= 11 is 0. The number of halogens is 1. The molecule has 1 atom stereocenters. The first-order valence-corrected chi connectivity index (χ1v) is 9.00. The van der Waals surface area contributed by atoms with Crippen LogP contribution in [0.4, 0.5) is 4.39 Å². The Kier molecular flexibility index (Phi) is 3.50. The van der Waals surface area contributed by atoms with Crippen molar-refractivity contribution in [2.45, 2.75) is 25.8 Å². The molecule has 136 valence electrons. The predicted octanol–water partition coefficient (Wildman–Crippen LogP) is 3.64. The maximum Gasteiger partial charge on any atom is 0.255 e. The van der Waals surface area contributed by atoms with Gasteiger partial charge >= 0.3 is 0 Å². The number of hydrogen-bond donors (Lipinski definition) is 1. The van der Waals surface area contributed by atoms with E-state index in [1.165, 1.54) is 12.1 Å². The highest BCUT2D eigenvalue weighted by Gasteiger charge is 2.33. The average Bonchev–Trinajstić information content (AvgIpc) is 3.36. The third-order valence-corrected chi connectivity index (χ3v) is 5.11. The van der Waals surface area contributed by atoms with E-state index in [1.807, 2.05) is 40.8 Å². The normalized spacial score (nSPS) is 17.3. The second-order valence-electron chi connectivity index (χ2n) is 7.01. The Bertz CT molecular complexity index is 1180. The number of carbonyl (C=O) groups is 1. The van der Waals surface area contributed by atoms with Crippen molar-refractivity contribution in [3.05, 3.63) is 65.6 Å². The van der Waals surface area contributed by atoms with E-state index in [9.17, 15) is 9.18 Å². The molecule has 27 heavy (non-hydrogen) atoms. The van der Waals surface area contributed by atoms with Crippen LogP contribution in [0.5, 0.6) is 0 Å². The van der Waals surface area contributed by atoms with Gasteiger partial charge in [0.05, 0.1) is 28.3 Å². The molecule has 1 N–H and O–H groups in total. The molecule has 1 aliphatic rings. The number of rotatable bonds is 2. The zero-order chi connectivity index (χ0) is 18.5. The van der Waals surface area contributed by atoms with Crippen molar-refractivity contribution < 1.29 is 9.18 Å². The van der Waals surface area contributed by atoms with E-state index in [-0.39, 0.29) is 17.8 Å². The van der Waals surface area contributed by atoms with Crippen LogP contribution < -0.4 is 0 Å². The SMILES string of the molecule is Cc1cn2cc(C(=O)N3CCC[C@H]3c3nc4ccc(F)cc4[nH]3)ccc2n1. The molecule has 0 aliphatic carbocycles. The third kappa shape index (κ3) is 2.66. The summed E-state index contributed by atoms with van der Waals surface area (Å²) in [5.41, 5.74) is 3.71. The van der Waals surface area contributed by atoms with E-state index in [0.29, 0.717) is 29.0 Å². The van der Waals surface area contributed by atoms with Crippen molar-refractivity contribution in [1.82, 2.24) is 24.3 Å². The van der Waals surface area contributed by atoms with Gasteiger partial charge < -0.3 is 14.3 Å². The first kappa shape index (κ1) is 16.0. The maximum absolute atomic E-state index is 13.5. The Morgan fingerprint density at radius 3 is 3.00 bits per heavy atom. The molecule has 0 radical (unpaired) electrons. The molecule has 1 aromatic carbocycles. The molecule has 1 aliphatic heterocycles. The fourth-order valence-electron chi connectivity index (χ4n) is 3.86. The number of carbonyl (C=O) groups excluding carboxylic acids is 1. The fraction of sp³-hybridized carbons (Fsp3) is 0.250. The Balaban J connectivity index is 1.49. The van der Waals surface area contributed by atoms with Crippen molar-refractivity contribution in [1.29, 1.82) is 0 Å². The highest BCUT2D eigenvalue weighted by molar-refractivity contribution is 5.94. The van der Waals surface area contributed by atoms with Crippen LogP contribution in [0.3, 0.4) is 0 Å².